The molecule has 0 spiro atoms. The van der Waals surface area contributed by atoms with E-state index >= 15 is 0 Å². The van der Waals surface area contributed by atoms with Crippen molar-refractivity contribution in [2.45, 2.75) is 19.4 Å². The molecule has 19 heavy (non-hydrogen) atoms. The minimum atomic E-state index is -1.02. The second kappa shape index (κ2) is 6.47. The molecule has 1 aromatic carbocycles. The summed E-state index contributed by atoms with van der Waals surface area (Å²) in [5.41, 5.74) is 4.46. The van der Waals surface area contributed by atoms with Crippen LogP contribution in [0.1, 0.15) is 23.7 Å². The van der Waals surface area contributed by atoms with E-state index in [4.69, 9.17) is 5.73 Å². The smallest absolute Gasteiger partial charge is 0.257 e. The van der Waals surface area contributed by atoms with Gasteiger partial charge in [0.2, 0.25) is 0 Å². The van der Waals surface area contributed by atoms with Crippen LogP contribution in [0.25, 0.3) is 0 Å². The fraction of sp³-hybridized carbons (Fsp3) is 0.462. The molecule has 0 radical (unpaired) electrons. The maximum Gasteiger partial charge on any atom is 0.257 e. The summed E-state index contributed by atoms with van der Waals surface area (Å²) in [6.45, 7) is 2.55. The van der Waals surface area contributed by atoms with E-state index in [9.17, 15) is 13.6 Å². The topological polar surface area (TPSA) is 58.4 Å². The van der Waals surface area contributed by atoms with E-state index in [0.717, 1.165) is 18.7 Å². The molecule has 0 heterocycles. The summed E-state index contributed by atoms with van der Waals surface area (Å²) in [6.07, 6.45) is 0.685. The number of hydrogen-bond acceptors (Lipinski definition) is 3. The van der Waals surface area contributed by atoms with Crippen molar-refractivity contribution in [2.75, 3.05) is 26.4 Å². The van der Waals surface area contributed by atoms with Crippen molar-refractivity contribution in [2.24, 2.45) is 0 Å². The molecule has 0 aliphatic heterocycles. The highest BCUT2D eigenvalue weighted by molar-refractivity contribution is 5.95. The first kappa shape index (κ1) is 15.4. The highest BCUT2D eigenvalue weighted by Gasteiger charge is 2.20. The Morgan fingerprint density at radius 1 is 1.42 bits per heavy atom. The zero-order valence-electron chi connectivity index (χ0n) is 11.3. The van der Waals surface area contributed by atoms with Crippen LogP contribution in [-0.4, -0.2) is 37.5 Å². The average molecular weight is 271 g/mol. The number of amides is 1. The fourth-order valence-electron chi connectivity index (χ4n) is 1.60. The zero-order chi connectivity index (χ0) is 14.6. The molecule has 0 saturated carbocycles. The molecule has 0 bridgehead atoms. The van der Waals surface area contributed by atoms with Crippen LogP contribution in [0.3, 0.4) is 0 Å². The zero-order valence-corrected chi connectivity index (χ0v) is 11.3. The first-order valence-electron chi connectivity index (χ1n) is 6.02. The number of anilines is 1. The molecule has 0 aliphatic rings. The monoisotopic (exact) mass is 271 g/mol. The maximum absolute atomic E-state index is 13.6. The van der Waals surface area contributed by atoms with E-state index in [1.54, 1.807) is 6.92 Å². The van der Waals surface area contributed by atoms with Crippen LogP contribution < -0.4 is 11.1 Å². The van der Waals surface area contributed by atoms with E-state index in [-0.39, 0.29) is 11.7 Å². The van der Waals surface area contributed by atoms with Gasteiger partial charge in [0.15, 0.2) is 5.82 Å². The van der Waals surface area contributed by atoms with Gasteiger partial charge < -0.3 is 16.0 Å². The largest absolute Gasteiger partial charge is 0.396 e. The number of halogens is 2. The molecule has 0 aromatic heterocycles. The lowest BCUT2D eigenvalue weighted by Crippen LogP contribution is -2.35. The van der Waals surface area contributed by atoms with Gasteiger partial charge in [0.1, 0.15) is 11.4 Å². The van der Waals surface area contributed by atoms with Gasteiger partial charge >= 0.3 is 0 Å². The third kappa shape index (κ3) is 4.17. The Hall–Kier alpha value is -1.69. The first-order valence-corrected chi connectivity index (χ1v) is 6.02. The van der Waals surface area contributed by atoms with Crippen LogP contribution in [0.5, 0.6) is 0 Å². The molecule has 106 valence electrons. The molecule has 3 N–H and O–H groups in total. The molecule has 0 aliphatic carbocycles. The lowest BCUT2D eigenvalue weighted by Gasteiger charge is -2.17. The van der Waals surface area contributed by atoms with Crippen molar-refractivity contribution < 1.29 is 13.6 Å². The molecular formula is C13H19F2N3O. The van der Waals surface area contributed by atoms with Gasteiger partial charge in [0, 0.05) is 6.04 Å². The lowest BCUT2D eigenvalue weighted by molar-refractivity contribution is 0.0928. The number of carbonyl (C=O) groups is 1. The van der Waals surface area contributed by atoms with Gasteiger partial charge in [-0.05, 0) is 46.1 Å². The Balaban J connectivity index is 2.76. The molecule has 1 amide bonds. The van der Waals surface area contributed by atoms with Crippen LogP contribution >= 0.6 is 0 Å². The summed E-state index contributed by atoms with van der Waals surface area (Å²) in [5, 5.41) is 2.56. The first-order chi connectivity index (χ1) is 8.82. The number of nitrogens with one attached hydrogen (secondary N) is 1. The minimum Gasteiger partial charge on any atom is -0.396 e. The third-order valence-electron chi connectivity index (χ3n) is 2.73. The maximum atomic E-state index is 13.6. The fourth-order valence-corrected chi connectivity index (χ4v) is 1.60. The van der Waals surface area contributed by atoms with E-state index in [1.165, 1.54) is 0 Å². The summed E-state index contributed by atoms with van der Waals surface area (Å²) in [5.74, 6) is -2.71. The van der Waals surface area contributed by atoms with Crippen LogP contribution in [0.4, 0.5) is 14.5 Å². The number of nitrogen functional groups attached to an aromatic ring is 1. The Labute approximate surface area is 111 Å². The summed E-state index contributed by atoms with van der Waals surface area (Å²) in [7, 11) is 3.82. The number of rotatable bonds is 5. The third-order valence-corrected chi connectivity index (χ3v) is 2.73. The molecule has 0 fully saturated rings. The van der Waals surface area contributed by atoms with E-state index in [2.05, 4.69) is 5.32 Å². The summed E-state index contributed by atoms with van der Waals surface area (Å²) >= 11 is 0. The van der Waals surface area contributed by atoms with Gasteiger partial charge in [-0.2, -0.15) is 0 Å². The Bertz CT molecular complexity index is 463. The molecule has 1 aromatic rings. The predicted octanol–water partition coefficient (Wildman–Crippen LogP) is 1.62. The number of nitrogens with two attached hydrogens (primary N) is 1. The number of hydrogen-bond donors (Lipinski definition) is 2. The summed E-state index contributed by atoms with van der Waals surface area (Å²) < 4.78 is 27.1. The van der Waals surface area contributed by atoms with Crippen LogP contribution in [0.2, 0.25) is 0 Å². The number of nitrogens with zero attached hydrogens (tertiary/aromatic N) is 1. The van der Waals surface area contributed by atoms with Crippen molar-refractivity contribution in [3.05, 3.63) is 29.3 Å². The van der Waals surface area contributed by atoms with Crippen LogP contribution in [0.15, 0.2) is 12.1 Å². The normalized spacial score (nSPS) is 12.5. The van der Waals surface area contributed by atoms with Crippen molar-refractivity contribution >= 4 is 11.6 Å². The second-order valence-electron chi connectivity index (χ2n) is 4.79. The van der Waals surface area contributed by atoms with Crippen LogP contribution in [0, 0.1) is 11.6 Å². The Morgan fingerprint density at radius 3 is 2.63 bits per heavy atom. The van der Waals surface area contributed by atoms with Crippen molar-refractivity contribution in [1.29, 1.82) is 0 Å². The Kier molecular flexibility index (Phi) is 5.23. The highest BCUT2D eigenvalue weighted by atomic mass is 19.1. The standard InChI is InChI=1S/C13H19F2N3O/c1-8(6-7-18(2)3)17-13(19)11-9(14)4-5-10(16)12(11)15/h4-5,8H,6-7,16H2,1-3H3,(H,17,19). The second-order valence-corrected chi connectivity index (χ2v) is 4.79. The average Bonchev–Trinajstić information content (AvgIpc) is 2.32. The van der Waals surface area contributed by atoms with Gasteiger partial charge in [-0.25, -0.2) is 8.78 Å². The van der Waals surface area contributed by atoms with E-state index < -0.39 is 23.1 Å². The van der Waals surface area contributed by atoms with Crippen molar-refractivity contribution in [3.8, 4) is 0 Å². The van der Waals surface area contributed by atoms with Gasteiger partial charge in [0.25, 0.3) is 5.91 Å². The van der Waals surface area contributed by atoms with E-state index in [1.807, 2.05) is 19.0 Å². The summed E-state index contributed by atoms with van der Waals surface area (Å²) in [6, 6.07) is 1.89. The van der Waals surface area contributed by atoms with Gasteiger partial charge in [-0.15, -0.1) is 0 Å². The lowest BCUT2D eigenvalue weighted by atomic mass is 10.1. The Morgan fingerprint density at radius 2 is 2.05 bits per heavy atom. The molecule has 1 atom stereocenters. The molecule has 1 unspecified atom stereocenters. The molecular weight excluding hydrogens is 252 g/mol. The predicted molar refractivity (Wildman–Crippen MR) is 70.9 cm³/mol. The van der Waals surface area contributed by atoms with Gasteiger partial charge in [-0.1, -0.05) is 0 Å². The molecule has 0 saturated heterocycles. The van der Waals surface area contributed by atoms with E-state index in [0.29, 0.717) is 6.42 Å². The molecule has 1 rings (SSSR count). The van der Waals surface area contributed by atoms with Crippen molar-refractivity contribution in [3.63, 3.8) is 0 Å². The number of carbonyl (C=O) groups excluding carboxylic acids is 1. The highest BCUT2D eigenvalue weighted by Crippen LogP contribution is 2.18. The molecule has 4 nitrogen and oxygen atoms in total. The summed E-state index contributed by atoms with van der Waals surface area (Å²) in [4.78, 5) is 13.8. The molecule has 6 heteroatoms. The van der Waals surface area contributed by atoms with Gasteiger partial charge in [-0.3, -0.25) is 4.79 Å². The van der Waals surface area contributed by atoms with Crippen molar-refractivity contribution in [1.82, 2.24) is 10.2 Å². The van der Waals surface area contributed by atoms with Gasteiger partial charge in [0.05, 0.1) is 5.69 Å². The van der Waals surface area contributed by atoms with Crippen LogP contribution in [-0.2, 0) is 0 Å². The SMILES string of the molecule is CC(CCN(C)C)NC(=O)c1c(F)ccc(N)c1F. The number of benzene rings is 1. The quantitative estimate of drug-likeness (QED) is 0.800. The minimum absolute atomic E-state index is 0.185.